The van der Waals surface area contributed by atoms with Gasteiger partial charge in [-0.05, 0) is 30.5 Å². The number of benzene rings is 3. The van der Waals surface area contributed by atoms with Gasteiger partial charge in [-0.25, -0.2) is 4.39 Å². The largest absolute Gasteiger partial charge is 0.354 e. The number of aryl methyl sites for hydroxylation is 1. The van der Waals surface area contributed by atoms with Crippen molar-refractivity contribution in [3.8, 4) is 0 Å². The summed E-state index contributed by atoms with van der Waals surface area (Å²) in [6, 6.07) is 23.0. The van der Waals surface area contributed by atoms with Crippen LogP contribution in [0.15, 0.2) is 78.9 Å². The zero-order valence-corrected chi connectivity index (χ0v) is 20.0. The molecule has 2 amide bonds. The average Bonchev–Trinajstić information content (AvgIpc) is 2.84. The molecule has 0 aliphatic rings. The molecule has 0 saturated carbocycles. The maximum Gasteiger partial charge on any atom is 0.243 e. The highest BCUT2D eigenvalue weighted by molar-refractivity contribution is 5.88. The number of hydrogen-bond donors (Lipinski definition) is 1. The Balaban J connectivity index is 1.94. The minimum atomic E-state index is -0.753. The number of amides is 2. The molecule has 4 nitrogen and oxygen atoms in total. The lowest BCUT2D eigenvalue weighted by atomic mass is 10.0. The van der Waals surface area contributed by atoms with E-state index in [9.17, 15) is 14.0 Å². The Kier molecular flexibility index (Phi) is 9.39. The molecule has 0 radical (unpaired) electrons. The Bertz CT molecular complexity index is 1070. The lowest BCUT2D eigenvalue weighted by Gasteiger charge is -2.32. The van der Waals surface area contributed by atoms with E-state index >= 15 is 0 Å². The molecule has 1 atom stereocenters. The van der Waals surface area contributed by atoms with Crippen molar-refractivity contribution in [2.24, 2.45) is 0 Å². The van der Waals surface area contributed by atoms with Crippen LogP contribution < -0.4 is 5.32 Å². The van der Waals surface area contributed by atoms with Gasteiger partial charge in [0.05, 0.1) is 6.42 Å². The third-order valence-corrected chi connectivity index (χ3v) is 5.88. The van der Waals surface area contributed by atoms with Crippen molar-refractivity contribution < 1.29 is 14.0 Å². The van der Waals surface area contributed by atoms with Crippen molar-refractivity contribution in [3.05, 3.63) is 107 Å². The minimum absolute atomic E-state index is 0.0239. The topological polar surface area (TPSA) is 49.4 Å². The molecule has 0 aliphatic heterocycles. The summed E-state index contributed by atoms with van der Waals surface area (Å²) in [5.41, 5.74) is 3.30. The van der Waals surface area contributed by atoms with Gasteiger partial charge in [0.1, 0.15) is 11.9 Å². The van der Waals surface area contributed by atoms with Gasteiger partial charge in [-0.2, -0.15) is 0 Å². The Morgan fingerprint density at radius 1 is 0.912 bits per heavy atom. The summed E-state index contributed by atoms with van der Waals surface area (Å²) in [5, 5.41) is 2.98. The number of nitrogens with zero attached hydrogens (tertiary/aromatic N) is 1. The summed E-state index contributed by atoms with van der Waals surface area (Å²) in [5.74, 6) is -0.815. The summed E-state index contributed by atoms with van der Waals surface area (Å²) >= 11 is 0. The first-order valence-corrected chi connectivity index (χ1v) is 11.9. The lowest BCUT2D eigenvalue weighted by Crippen LogP contribution is -2.51. The van der Waals surface area contributed by atoms with Crippen LogP contribution in [0, 0.1) is 12.7 Å². The van der Waals surface area contributed by atoms with E-state index in [0.717, 1.165) is 29.5 Å². The molecule has 0 spiro atoms. The maximum absolute atomic E-state index is 14.6. The van der Waals surface area contributed by atoms with Gasteiger partial charge in [0.25, 0.3) is 0 Å². The van der Waals surface area contributed by atoms with E-state index in [2.05, 4.69) is 12.2 Å². The van der Waals surface area contributed by atoms with Crippen LogP contribution in [0.25, 0.3) is 0 Å². The second-order valence-corrected chi connectivity index (χ2v) is 8.63. The fraction of sp³-hybridized carbons (Fsp3) is 0.310. The SMILES string of the molecule is CCCCNC(=O)C(Cc1ccccc1)N(Cc1ccccc1F)C(=O)Cc1ccc(C)cc1. The van der Waals surface area contributed by atoms with Gasteiger partial charge in [0.2, 0.25) is 11.8 Å². The summed E-state index contributed by atoms with van der Waals surface area (Å²) in [6.45, 7) is 4.62. The molecular formula is C29H33FN2O2. The second-order valence-electron chi connectivity index (χ2n) is 8.63. The van der Waals surface area contributed by atoms with Crippen LogP contribution in [0.3, 0.4) is 0 Å². The molecular weight excluding hydrogens is 427 g/mol. The van der Waals surface area contributed by atoms with Gasteiger partial charge in [-0.3, -0.25) is 9.59 Å². The fourth-order valence-electron chi connectivity index (χ4n) is 3.85. The predicted octanol–water partition coefficient (Wildman–Crippen LogP) is 5.23. The van der Waals surface area contributed by atoms with Crippen LogP contribution in [0.5, 0.6) is 0 Å². The third-order valence-electron chi connectivity index (χ3n) is 5.88. The van der Waals surface area contributed by atoms with Gasteiger partial charge < -0.3 is 10.2 Å². The molecule has 0 bridgehead atoms. The highest BCUT2D eigenvalue weighted by Crippen LogP contribution is 2.18. The quantitative estimate of drug-likeness (QED) is 0.398. The maximum atomic E-state index is 14.6. The van der Waals surface area contributed by atoms with Gasteiger partial charge in [0.15, 0.2) is 0 Å². The molecule has 0 fully saturated rings. The number of rotatable bonds is 11. The zero-order chi connectivity index (χ0) is 24.3. The molecule has 1 unspecified atom stereocenters. The normalized spacial score (nSPS) is 11.6. The van der Waals surface area contributed by atoms with Gasteiger partial charge in [-0.15, -0.1) is 0 Å². The first kappa shape index (κ1) is 25.2. The highest BCUT2D eigenvalue weighted by Gasteiger charge is 2.30. The second kappa shape index (κ2) is 12.7. The smallest absolute Gasteiger partial charge is 0.243 e. The molecule has 178 valence electrons. The molecule has 0 heterocycles. The standard InChI is InChI=1S/C29H33FN2O2/c1-3-4-18-31-29(34)27(19-23-10-6-5-7-11-23)32(21-25-12-8-9-13-26(25)30)28(33)20-24-16-14-22(2)15-17-24/h5-17,27H,3-4,18-21H2,1-2H3,(H,31,34). The van der Waals surface area contributed by atoms with Crippen molar-refractivity contribution in [3.63, 3.8) is 0 Å². The molecule has 0 aromatic heterocycles. The van der Waals surface area contributed by atoms with E-state index in [0.29, 0.717) is 18.5 Å². The van der Waals surface area contributed by atoms with E-state index in [1.54, 1.807) is 18.2 Å². The van der Waals surface area contributed by atoms with Crippen LogP contribution in [0.4, 0.5) is 4.39 Å². The average molecular weight is 461 g/mol. The van der Waals surface area contributed by atoms with Crippen molar-refractivity contribution >= 4 is 11.8 Å². The number of carbonyl (C=O) groups excluding carboxylic acids is 2. The van der Waals surface area contributed by atoms with Crippen LogP contribution in [0.2, 0.25) is 0 Å². The molecule has 1 N–H and O–H groups in total. The van der Waals surface area contributed by atoms with Crippen LogP contribution in [-0.2, 0) is 29.0 Å². The van der Waals surface area contributed by atoms with Gasteiger partial charge >= 0.3 is 0 Å². The molecule has 3 rings (SSSR count). The Morgan fingerprint density at radius 3 is 2.26 bits per heavy atom. The lowest BCUT2D eigenvalue weighted by molar-refractivity contribution is -0.140. The monoisotopic (exact) mass is 460 g/mol. The molecule has 3 aromatic rings. The highest BCUT2D eigenvalue weighted by atomic mass is 19.1. The van der Waals surface area contributed by atoms with Gasteiger partial charge in [-0.1, -0.05) is 91.7 Å². The minimum Gasteiger partial charge on any atom is -0.354 e. The van der Waals surface area contributed by atoms with Crippen molar-refractivity contribution in [1.29, 1.82) is 0 Å². The van der Waals surface area contributed by atoms with Crippen molar-refractivity contribution in [2.45, 2.75) is 52.1 Å². The Hall–Kier alpha value is -3.47. The number of halogens is 1. The van der Waals surface area contributed by atoms with E-state index in [1.807, 2.05) is 61.5 Å². The summed E-state index contributed by atoms with van der Waals surface area (Å²) in [4.78, 5) is 28.5. The third kappa shape index (κ3) is 7.27. The first-order chi connectivity index (χ1) is 16.5. The Labute approximate surface area is 201 Å². The van der Waals surface area contributed by atoms with Crippen LogP contribution in [0.1, 0.15) is 42.0 Å². The first-order valence-electron chi connectivity index (χ1n) is 11.9. The fourth-order valence-corrected chi connectivity index (χ4v) is 3.85. The Morgan fingerprint density at radius 2 is 1.59 bits per heavy atom. The number of hydrogen-bond acceptors (Lipinski definition) is 2. The van der Waals surface area contributed by atoms with Crippen LogP contribution in [-0.4, -0.2) is 29.3 Å². The summed E-state index contributed by atoms with van der Waals surface area (Å²) in [6.07, 6.45) is 2.30. The van der Waals surface area contributed by atoms with Crippen LogP contribution >= 0.6 is 0 Å². The van der Waals surface area contributed by atoms with E-state index < -0.39 is 6.04 Å². The van der Waals surface area contributed by atoms with Gasteiger partial charge in [0, 0.05) is 25.1 Å². The molecule has 34 heavy (non-hydrogen) atoms. The van der Waals surface area contributed by atoms with E-state index in [1.165, 1.54) is 11.0 Å². The summed E-state index contributed by atoms with van der Waals surface area (Å²) in [7, 11) is 0. The number of carbonyl (C=O) groups is 2. The predicted molar refractivity (Wildman–Crippen MR) is 134 cm³/mol. The summed E-state index contributed by atoms with van der Waals surface area (Å²) < 4.78 is 14.6. The van der Waals surface area contributed by atoms with E-state index in [-0.39, 0.29) is 30.6 Å². The van der Waals surface area contributed by atoms with Crippen molar-refractivity contribution in [1.82, 2.24) is 10.2 Å². The zero-order valence-electron chi connectivity index (χ0n) is 20.0. The van der Waals surface area contributed by atoms with E-state index in [4.69, 9.17) is 0 Å². The molecule has 3 aromatic carbocycles. The number of unbranched alkanes of at least 4 members (excludes halogenated alkanes) is 1. The molecule has 0 aliphatic carbocycles. The molecule has 0 saturated heterocycles. The molecule has 5 heteroatoms. The van der Waals surface area contributed by atoms with Crippen molar-refractivity contribution in [2.75, 3.05) is 6.54 Å². The number of nitrogens with one attached hydrogen (secondary N) is 1.